The molecule has 0 atom stereocenters. The lowest BCUT2D eigenvalue weighted by Crippen LogP contribution is -2.12. The Bertz CT molecular complexity index is 689. The second-order valence-corrected chi connectivity index (χ2v) is 5.45. The van der Waals surface area contributed by atoms with E-state index in [1.165, 1.54) is 7.11 Å². The third-order valence-corrected chi connectivity index (χ3v) is 3.76. The minimum atomic E-state index is -0.554. The van der Waals surface area contributed by atoms with Crippen molar-refractivity contribution in [3.8, 4) is 0 Å². The number of carbonyl (C=O) groups excluding carboxylic acids is 1. The molecule has 114 valence electrons. The van der Waals surface area contributed by atoms with Crippen LogP contribution in [0.4, 0.5) is 5.82 Å². The van der Waals surface area contributed by atoms with Gasteiger partial charge in [-0.2, -0.15) is 0 Å². The Kier molecular flexibility index (Phi) is 4.20. The SMILES string of the molecule is COC(=O)c1nc(C2CC2)nc(NCc2ccncc2)c1Cl. The van der Waals surface area contributed by atoms with Crippen LogP contribution in [0.15, 0.2) is 24.5 Å². The molecule has 1 aliphatic rings. The lowest BCUT2D eigenvalue weighted by molar-refractivity contribution is 0.0593. The number of ether oxygens (including phenoxy) is 1. The van der Waals surface area contributed by atoms with Crippen LogP contribution in [0.25, 0.3) is 0 Å². The van der Waals surface area contributed by atoms with Crippen molar-refractivity contribution >= 4 is 23.4 Å². The molecule has 7 heteroatoms. The normalized spacial score (nSPS) is 13.7. The van der Waals surface area contributed by atoms with Crippen molar-refractivity contribution in [3.63, 3.8) is 0 Å². The molecular formula is C15H15ClN4O2. The minimum Gasteiger partial charge on any atom is -0.464 e. The average Bonchev–Trinajstić information content (AvgIpc) is 3.39. The van der Waals surface area contributed by atoms with Crippen molar-refractivity contribution in [3.05, 3.63) is 46.6 Å². The molecule has 2 aromatic rings. The smallest absolute Gasteiger partial charge is 0.358 e. The highest BCUT2D eigenvalue weighted by Gasteiger charge is 2.30. The van der Waals surface area contributed by atoms with Crippen molar-refractivity contribution in [2.45, 2.75) is 25.3 Å². The highest BCUT2D eigenvalue weighted by molar-refractivity contribution is 6.35. The summed E-state index contributed by atoms with van der Waals surface area (Å²) < 4.78 is 4.74. The first-order valence-corrected chi connectivity index (χ1v) is 7.35. The molecule has 3 rings (SSSR count). The molecule has 2 aromatic heterocycles. The first-order chi connectivity index (χ1) is 10.7. The largest absolute Gasteiger partial charge is 0.464 e. The molecule has 0 aliphatic heterocycles. The fraction of sp³-hybridized carbons (Fsp3) is 0.333. The number of methoxy groups -OCH3 is 1. The lowest BCUT2D eigenvalue weighted by atomic mass is 10.2. The lowest BCUT2D eigenvalue weighted by Gasteiger charge is -2.11. The van der Waals surface area contributed by atoms with E-state index in [2.05, 4.69) is 20.3 Å². The van der Waals surface area contributed by atoms with Crippen molar-refractivity contribution in [1.82, 2.24) is 15.0 Å². The van der Waals surface area contributed by atoms with E-state index in [0.717, 1.165) is 18.4 Å². The molecule has 1 saturated carbocycles. The van der Waals surface area contributed by atoms with Gasteiger partial charge < -0.3 is 10.1 Å². The van der Waals surface area contributed by atoms with Crippen LogP contribution < -0.4 is 5.32 Å². The van der Waals surface area contributed by atoms with Crippen molar-refractivity contribution in [2.24, 2.45) is 0 Å². The molecule has 0 unspecified atom stereocenters. The number of anilines is 1. The van der Waals surface area contributed by atoms with Gasteiger partial charge in [-0.05, 0) is 30.5 Å². The number of carbonyl (C=O) groups is 1. The van der Waals surface area contributed by atoms with Crippen LogP contribution in [-0.4, -0.2) is 28.0 Å². The van der Waals surface area contributed by atoms with Crippen LogP contribution in [0.2, 0.25) is 5.02 Å². The zero-order chi connectivity index (χ0) is 15.5. The molecule has 0 aromatic carbocycles. The van der Waals surface area contributed by atoms with Crippen LogP contribution in [-0.2, 0) is 11.3 Å². The van der Waals surface area contributed by atoms with Gasteiger partial charge in [0.15, 0.2) is 5.69 Å². The third-order valence-electron chi connectivity index (χ3n) is 3.40. The molecule has 0 amide bonds. The van der Waals surface area contributed by atoms with Crippen molar-refractivity contribution < 1.29 is 9.53 Å². The molecule has 6 nitrogen and oxygen atoms in total. The molecule has 22 heavy (non-hydrogen) atoms. The number of halogens is 1. The third kappa shape index (κ3) is 3.17. The van der Waals surface area contributed by atoms with Gasteiger partial charge in [-0.1, -0.05) is 11.6 Å². The average molecular weight is 319 g/mol. The van der Waals surface area contributed by atoms with E-state index in [9.17, 15) is 4.79 Å². The first kappa shape index (κ1) is 14.7. The van der Waals surface area contributed by atoms with E-state index in [4.69, 9.17) is 16.3 Å². The van der Waals surface area contributed by atoms with E-state index in [1.807, 2.05) is 12.1 Å². The maximum absolute atomic E-state index is 11.8. The highest BCUT2D eigenvalue weighted by atomic mass is 35.5. The van der Waals surface area contributed by atoms with Gasteiger partial charge in [0.1, 0.15) is 16.7 Å². The first-order valence-electron chi connectivity index (χ1n) is 6.97. The Morgan fingerprint density at radius 1 is 1.36 bits per heavy atom. The predicted molar refractivity (Wildman–Crippen MR) is 81.9 cm³/mol. The number of nitrogens with zero attached hydrogens (tertiary/aromatic N) is 3. The Morgan fingerprint density at radius 3 is 2.73 bits per heavy atom. The van der Waals surface area contributed by atoms with Gasteiger partial charge in [0, 0.05) is 24.9 Å². The number of rotatable bonds is 5. The Balaban J connectivity index is 1.88. The van der Waals surface area contributed by atoms with E-state index in [0.29, 0.717) is 24.1 Å². The van der Waals surface area contributed by atoms with Gasteiger partial charge in [0.05, 0.1) is 7.11 Å². The molecule has 1 N–H and O–H groups in total. The Morgan fingerprint density at radius 2 is 2.09 bits per heavy atom. The zero-order valence-electron chi connectivity index (χ0n) is 12.0. The second kappa shape index (κ2) is 6.27. The molecule has 0 bridgehead atoms. The van der Waals surface area contributed by atoms with Gasteiger partial charge in [-0.15, -0.1) is 0 Å². The standard InChI is InChI=1S/C15H15ClN4O2/c1-22-15(21)12-11(16)14(20-13(19-12)10-2-3-10)18-8-9-4-6-17-7-5-9/h4-7,10H,2-3,8H2,1H3,(H,18,19,20). The number of esters is 1. The highest BCUT2D eigenvalue weighted by Crippen LogP contribution is 2.39. The number of nitrogens with one attached hydrogen (secondary N) is 1. The summed E-state index contributed by atoms with van der Waals surface area (Å²) in [6.45, 7) is 0.532. The van der Waals surface area contributed by atoms with Gasteiger partial charge in [0.2, 0.25) is 0 Å². The van der Waals surface area contributed by atoms with E-state index in [1.54, 1.807) is 12.4 Å². The predicted octanol–water partition coefficient (Wildman–Crippen LogP) is 2.80. The Labute approximate surface area is 132 Å². The minimum absolute atomic E-state index is 0.110. The van der Waals surface area contributed by atoms with Crippen LogP contribution >= 0.6 is 11.6 Å². The van der Waals surface area contributed by atoms with Gasteiger partial charge in [0.25, 0.3) is 0 Å². The number of hydrogen-bond donors (Lipinski definition) is 1. The molecule has 0 radical (unpaired) electrons. The van der Waals surface area contributed by atoms with Crippen LogP contribution in [0.1, 0.15) is 40.6 Å². The van der Waals surface area contributed by atoms with Crippen LogP contribution in [0.5, 0.6) is 0 Å². The molecule has 0 spiro atoms. The summed E-state index contributed by atoms with van der Waals surface area (Å²) in [4.78, 5) is 24.5. The van der Waals surface area contributed by atoms with Gasteiger partial charge >= 0.3 is 5.97 Å². The molecule has 1 aliphatic carbocycles. The second-order valence-electron chi connectivity index (χ2n) is 5.07. The van der Waals surface area contributed by atoms with Crippen LogP contribution in [0.3, 0.4) is 0 Å². The van der Waals surface area contributed by atoms with E-state index in [-0.39, 0.29) is 10.7 Å². The summed E-state index contributed by atoms with van der Waals surface area (Å²) in [5, 5.41) is 3.34. The van der Waals surface area contributed by atoms with E-state index >= 15 is 0 Å². The summed E-state index contributed by atoms with van der Waals surface area (Å²) in [7, 11) is 1.31. The fourth-order valence-electron chi connectivity index (χ4n) is 2.02. The van der Waals surface area contributed by atoms with Crippen molar-refractivity contribution in [2.75, 3.05) is 12.4 Å². The number of hydrogen-bond acceptors (Lipinski definition) is 6. The zero-order valence-corrected chi connectivity index (χ0v) is 12.8. The van der Waals surface area contributed by atoms with Crippen molar-refractivity contribution in [1.29, 1.82) is 0 Å². The van der Waals surface area contributed by atoms with Crippen LogP contribution in [0, 0.1) is 0 Å². The maximum Gasteiger partial charge on any atom is 0.358 e. The molecular weight excluding hydrogens is 304 g/mol. The topological polar surface area (TPSA) is 77.0 Å². The summed E-state index contributed by atoms with van der Waals surface area (Å²) in [6, 6.07) is 3.79. The van der Waals surface area contributed by atoms with Gasteiger partial charge in [-0.25, -0.2) is 14.8 Å². The molecule has 1 fully saturated rings. The molecule has 0 saturated heterocycles. The monoisotopic (exact) mass is 318 g/mol. The van der Waals surface area contributed by atoms with E-state index < -0.39 is 5.97 Å². The maximum atomic E-state index is 11.8. The van der Waals surface area contributed by atoms with Gasteiger partial charge in [-0.3, -0.25) is 4.98 Å². The number of aromatic nitrogens is 3. The quantitative estimate of drug-likeness (QED) is 0.854. The Hall–Kier alpha value is -2.21. The fourth-order valence-corrected chi connectivity index (χ4v) is 2.25. The summed E-state index contributed by atoms with van der Waals surface area (Å²) in [5.41, 5.74) is 1.15. The molecule has 2 heterocycles. The summed E-state index contributed by atoms with van der Waals surface area (Å²) in [5.74, 6) is 0.848. The number of pyridine rings is 1. The summed E-state index contributed by atoms with van der Waals surface area (Å²) >= 11 is 6.25. The summed E-state index contributed by atoms with van der Waals surface area (Å²) in [6.07, 6.45) is 5.50.